The highest BCUT2D eigenvalue weighted by molar-refractivity contribution is 6.55. The Balaban J connectivity index is 1.87. The van der Waals surface area contributed by atoms with Crippen molar-refractivity contribution in [2.75, 3.05) is 20.3 Å². The Labute approximate surface area is 218 Å². The number of esters is 1. The molecule has 6 nitrogen and oxygen atoms in total. The van der Waals surface area contributed by atoms with Crippen molar-refractivity contribution in [3.05, 3.63) is 53.3 Å². The van der Waals surface area contributed by atoms with E-state index in [-0.39, 0.29) is 18.1 Å². The van der Waals surface area contributed by atoms with E-state index < -0.39 is 34.3 Å². The molecule has 2 atom stereocenters. The summed E-state index contributed by atoms with van der Waals surface area (Å²) in [7, 11) is 0.0300. The third-order valence-corrected chi connectivity index (χ3v) is 8.57. The molecule has 3 aliphatic rings. The number of halogens is 2. The highest BCUT2D eigenvalue weighted by Crippen LogP contribution is 2.56. The van der Waals surface area contributed by atoms with Gasteiger partial charge < -0.3 is 18.8 Å². The van der Waals surface area contributed by atoms with E-state index in [4.69, 9.17) is 30.4 Å². The van der Waals surface area contributed by atoms with Crippen LogP contribution in [0.2, 0.25) is 0 Å². The van der Waals surface area contributed by atoms with Crippen molar-refractivity contribution >= 4 is 30.3 Å². The van der Waals surface area contributed by atoms with Gasteiger partial charge in [-0.2, -0.15) is 0 Å². The minimum atomic E-state index is -2.34. The van der Waals surface area contributed by atoms with Crippen molar-refractivity contribution in [2.24, 2.45) is 0 Å². The Kier molecular flexibility index (Phi) is 6.91. The fourth-order valence-corrected chi connectivity index (χ4v) is 5.25. The van der Waals surface area contributed by atoms with Gasteiger partial charge >= 0.3 is 13.1 Å². The third-order valence-electron chi connectivity index (χ3n) is 8.09. The van der Waals surface area contributed by atoms with Crippen LogP contribution >= 0.6 is 11.6 Å². The molecule has 0 spiro atoms. The molecule has 9 heteroatoms. The number of carbonyl (C=O) groups is 1. The molecular weight excluding hydrogens is 484 g/mol. The number of hydrogen-bond donors (Lipinski definition) is 1. The molecule has 2 fully saturated rings. The van der Waals surface area contributed by atoms with E-state index in [9.17, 15) is 4.79 Å². The molecule has 1 saturated heterocycles. The van der Waals surface area contributed by atoms with Crippen LogP contribution in [-0.4, -0.2) is 60.5 Å². The van der Waals surface area contributed by atoms with Crippen LogP contribution in [0.1, 0.15) is 59.9 Å². The van der Waals surface area contributed by atoms with Gasteiger partial charge in [0.1, 0.15) is 16.2 Å². The molecule has 1 aromatic carbocycles. The van der Waals surface area contributed by atoms with Crippen molar-refractivity contribution in [2.45, 2.75) is 81.6 Å². The Morgan fingerprint density at radius 3 is 2.19 bits per heavy atom. The number of benzene rings is 1. The summed E-state index contributed by atoms with van der Waals surface area (Å²) in [6.07, 6.45) is 3.01. The molecule has 2 aliphatic carbocycles. The van der Waals surface area contributed by atoms with Crippen molar-refractivity contribution in [3.63, 3.8) is 0 Å². The zero-order valence-corrected chi connectivity index (χ0v) is 22.9. The van der Waals surface area contributed by atoms with Gasteiger partial charge in [0.25, 0.3) is 0 Å². The van der Waals surface area contributed by atoms with Gasteiger partial charge in [0.05, 0.1) is 24.9 Å². The average Bonchev–Trinajstić information content (AvgIpc) is 3.57. The molecule has 2 unspecified atom stereocenters. The van der Waals surface area contributed by atoms with Crippen molar-refractivity contribution in [1.82, 2.24) is 5.32 Å². The van der Waals surface area contributed by atoms with E-state index in [0.717, 1.165) is 5.56 Å². The first-order valence-electron chi connectivity index (χ1n) is 12.5. The van der Waals surface area contributed by atoms with Crippen LogP contribution < -0.4 is 5.32 Å². The molecule has 36 heavy (non-hydrogen) atoms. The first-order chi connectivity index (χ1) is 16.8. The number of nitrogens with one attached hydrogen (secondary N) is 1. The summed E-state index contributed by atoms with van der Waals surface area (Å²) in [5.74, 6) is -0.0223. The molecule has 0 aromatic heterocycles. The molecule has 1 N–H and O–H groups in total. The second kappa shape index (κ2) is 9.16. The van der Waals surface area contributed by atoms with Crippen molar-refractivity contribution < 1.29 is 28.0 Å². The molecule has 1 heterocycles. The largest absolute Gasteiger partial charge is 0.505 e. The standard InChI is InChI=1S/C27H36BClFNO5/c1-8-34-21-16-19(18-12-10-9-11-13-18)25(6,29)27(30,28-35-23(2,3)24(4,5)36-28)20(21)17-31-26(14-15-26)22(32)33-7/h9-13,16,31H,8,14-15,17H2,1-7H3. The first-order valence-corrected chi connectivity index (χ1v) is 12.8. The highest BCUT2D eigenvalue weighted by atomic mass is 35.5. The number of rotatable bonds is 8. The number of methoxy groups -OCH3 is 1. The first kappa shape index (κ1) is 27.2. The van der Waals surface area contributed by atoms with Gasteiger partial charge in [0.2, 0.25) is 0 Å². The van der Waals surface area contributed by atoms with Gasteiger partial charge in [0, 0.05) is 12.1 Å². The zero-order chi connectivity index (χ0) is 26.6. The molecule has 1 aromatic rings. The van der Waals surface area contributed by atoms with E-state index >= 15 is 4.39 Å². The molecular formula is C27H36BClFNO5. The van der Waals surface area contributed by atoms with Gasteiger partial charge in [-0.3, -0.25) is 10.1 Å². The van der Waals surface area contributed by atoms with Crippen molar-refractivity contribution in [1.29, 1.82) is 0 Å². The lowest BCUT2D eigenvalue weighted by atomic mass is 9.54. The minimum Gasteiger partial charge on any atom is -0.494 e. The number of alkyl halides is 2. The smallest absolute Gasteiger partial charge is 0.494 e. The predicted molar refractivity (Wildman–Crippen MR) is 139 cm³/mol. The highest BCUT2D eigenvalue weighted by Gasteiger charge is 2.70. The van der Waals surface area contributed by atoms with Crippen LogP contribution in [0.15, 0.2) is 47.7 Å². The molecule has 0 radical (unpaired) electrons. The monoisotopic (exact) mass is 519 g/mol. The lowest BCUT2D eigenvalue weighted by molar-refractivity contribution is -0.144. The van der Waals surface area contributed by atoms with Gasteiger partial charge in [-0.05, 0) is 71.6 Å². The Morgan fingerprint density at radius 1 is 1.11 bits per heavy atom. The van der Waals surface area contributed by atoms with Crippen LogP contribution in [0.25, 0.3) is 5.57 Å². The van der Waals surface area contributed by atoms with Gasteiger partial charge in [-0.1, -0.05) is 30.3 Å². The Morgan fingerprint density at radius 2 is 1.69 bits per heavy atom. The summed E-state index contributed by atoms with van der Waals surface area (Å²) in [6, 6.07) is 9.44. The van der Waals surface area contributed by atoms with E-state index in [1.165, 1.54) is 7.11 Å². The van der Waals surface area contributed by atoms with E-state index in [0.29, 0.717) is 30.8 Å². The molecule has 1 saturated carbocycles. The van der Waals surface area contributed by atoms with Gasteiger partial charge in [0.15, 0.2) is 5.57 Å². The summed E-state index contributed by atoms with van der Waals surface area (Å²) < 4.78 is 41.6. The maximum atomic E-state index is 18.1. The Hall–Kier alpha value is -1.87. The van der Waals surface area contributed by atoms with E-state index in [2.05, 4.69) is 5.32 Å². The van der Waals surface area contributed by atoms with Crippen molar-refractivity contribution in [3.8, 4) is 0 Å². The summed E-state index contributed by atoms with van der Waals surface area (Å²) in [6.45, 7) is 11.3. The maximum absolute atomic E-state index is 18.1. The topological polar surface area (TPSA) is 66.0 Å². The van der Waals surface area contributed by atoms with E-state index in [1.54, 1.807) is 13.0 Å². The quantitative estimate of drug-likeness (QED) is 0.296. The normalized spacial score (nSPS) is 30.1. The number of hydrogen-bond acceptors (Lipinski definition) is 6. The maximum Gasteiger partial charge on any atom is 0.505 e. The average molecular weight is 520 g/mol. The zero-order valence-electron chi connectivity index (χ0n) is 22.2. The van der Waals surface area contributed by atoms with Crippen LogP contribution in [0.4, 0.5) is 4.39 Å². The summed E-state index contributed by atoms with van der Waals surface area (Å²) in [5.41, 5.74) is -3.19. The molecule has 0 amide bonds. The van der Waals surface area contributed by atoms with Crippen LogP contribution in [0, 0.1) is 0 Å². The second-order valence-corrected chi connectivity index (χ2v) is 11.7. The molecule has 1 aliphatic heterocycles. The van der Waals surface area contributed by atoms with Crippen LogP contribution in [-0.2, 0) is 23.6 Å². The predicted octanol–water partition coefficient (Wildman–Crippen LogP) is 5.01. The minimum absolute atomic E-state index is 0.00584. The SMILES string of the molecule is CCOC1=C(CNC2(C(=O)OC)CC2)C(F)(B2OC(C)(C)C(C)(C)O2)C(C)(Cl)C(c2ccccc2)=C1. The van der Waals surface area contributed by atoms with Crippen LogP contribution in [0.3, 0.4) is 0 Å². The third kappa shape index (κ3) is 4.20. The summed E-state index contributed by atoms with van der Waals surface area (Å²) in [5, 5.41) is 3.24. The summed E-state index contributed by atoms with van der Waals surface area (Å²) >= 11 is 7.25. The number of ether oxygens (including phenoxy) is 2. The lowest BCUT2D eigenvalue weighted by Crippen LogP contribution is -2.62. The van der Waals surface area contributed by atoms with Crippen LogP contribution in [0.5, 0.6) is 0 Å². The Bertz CT molecular complexity index is 1070. The summed E-state index contributed by atoms with van der Waals surface area (Å²) in [4.78, 5) is 10.8. The second-order valence-electron chi connectivity index (χ2n) is 10.9. The van der Waals surface area contributed by atoms with E-state index in [1.807, 2.05) is 65.0 Å². The fraction of sp³-hybridized carbons (Fsp3) is 0.593. The number of allylic oxidation sites excluding steroid dienone is 2. The molecule has 196 valence electrons. The molecule has 4 rings (SSSR count). The van der Waals surface area contributed by atoms with Gasteiger partial charge in [-0.25, -0.2) is 4.39 Å². The fourth-order valence-electron chi connectivity index (χ4n) is 4.88. The molecule has 0 bridgehead atoms. The number of carbonyl (C=O) groups excluding carboxylic acids is 1. The van der Waals surface area contributed by atoms with Gasteiger partial charge in [-0.15, -0.1) is 11.6 Å². The lowest BCUT2D eigenvalue weighted by Gasteiger charge is -2.46.